The number of carbonyl (C=O) groups excluding carboxylic acids is 2. The minimum absolute atomic E-state index is 0.109. The van der Waals surface area contributed by atoms with Crippen molar-refractivity contribution in [2.45, 2.75) is 25.2 Å². The highest BCUT2D eigenvalue weighted by molar-refractivity contribution is 6.03. The monoisotopic (exact) mass is 286 g/mol. The van der Waals surface area contributed by atoms with Gasteiger partial charge in [-0.05, 0) is 6.42 Å². The normalized spacial score (nSPS) is 13.9. The van der Waals surface area contributed by atoms with E-state index in [1.165, 1.54) is 18.0 Å². The topological polar surface area (TPSA) is 154 Å². The van der Waals surface area contributed by atoms with Crippen LogP contribution in [0.3, 0.4) is 0 Å². The molecular formula is C11H18N4O5. The Morgan fingerprint density at radius 2 is 2.10 bits per heavy atom. The third-order valence-electron chi connectivity index (χ3n) is 2.88. The quantitative estimate of drug-likeness (QED) is 0.427. The smallest absolute Gasteiger partial charge is 0.269 e. The molecule has 6 N–H and O–H groups in total. The van der Waals surface area contributed by atoms with Crippen LogP contribution in [0.25, 0.3) is 0 Å². The molecule has 0 bridgehead atoms. The van der Waals surface area contributed by atoms with Crippen molar-refractivity contribution in [3.05, 3.63) is 17.7 Å². The number of hydrogen-bond donors (Lipinski definition) is 4. The molecular weight excluding hydrogens is 268 g/mol. The van der Waals surface area contributed by atoms with Crippen LogP contribution in [0.15, 0.2) is 6.33 Å². The number of carbonyl (C=O) groups is 2. The molecule has 9 heteroatoms. The molecule has 2 atom stereocenters. The number of aryl methyl sites for hydroxylation is 1. The lowest BCUT2D eigenvalue weighted by molar-refractivity contribution is -0.0452. The number of aliphatic hydroxyl groups excluding tert-OH is 2. The van der Waals surface area contributed by atoms with E-state index in [0.29, 0.717) is 0 Å². The minimum Gasteiger partial charge on any atom is -0.394 e. The second-order valence-electron chi connectivity index (χ2n) is 4.18. The van der Waals surface area contributed by atoms with Gasteiger partial charge in [0.1, 0.15) is 11.8 Å². The Balaban J connectivity index is 2.83. The Kier molecular flexibility index (Phi) is 5.62. The van der Waals surface area contributed by atoms with Crippen LogP contribution >= 0.6 is 0 Å². The van der Waals surface area contributed by atoms with Crippen molar-refractivity contribution in [1.82, 2.24) is 9.55 Å². The van der Waals surface area contributed by atoms with Gasteiger partial charge in [0.2, 0.25) is 0 Å². The van der Waals surface area contributed by atoms with E-state index in [1.54, 1.807) is 0 Å². The van der Waals surface area contributed by atoms with Gasteiger partial charge in [-0.25, -0.2) is 4.98 Å². The largest absolute Gasteiger partial charge is 0.394 e. The fraction of sp³-hybridized carbons (Fsp3) is 0.545. The zero-order chi connectivity index (χ0) is 15.3. The van der Waals surface area contributed by atoms with Gasteiger partial charge in [-0.1, -0.05) is 0 Å². The Bertz CT molecular complexity index is 483. The second kappa shape index (κ2) is 6.98. The first-order chi connectivity index (χ1) is 9.42. The summed E-state index contributed by atoms with van der Waals surface area (Å²) in [5, 5.41) is 18.8. The zero-order valence-corrected chi connectivity index (χ0v) is 11.0. The van der Waals surface area contributed by atoms with Gasteiger partial charge in [0.15, 0.2) is 5.69 Å². The molecule has 0 aliphatic carbocycles. The van der Waals surface area contributed by atoms with E-state index in [1.807, 2.05) is 0 Å². The number of ether oxygens (including phenoxy) is 1. The number of amides is 2. The van der Waals surface area contributed by atoms with Gasteiger partial charge < -0.3 is 31.0 Å². The Morgan fingerprint density at radius 3 is 2.55 bits per heavy atom. The van der Waals surface area contributed by atoms with Crippen molar-refractivity contribution >= 4 is 11.8 Å². The van der Waals surface area contributed by atoms with Crippen molar-refractivity contribution in [3.63, 3.8) is 0 Å². The van der Waals surface area contributed by atoms with Gasteiger partial charge in [0.25, 0.3) is 11.8 Å². The molecule has 20 heavy (non-hydrogen) atoms. The number of hydrogen-bond acceptors (Lipinski definition) is 6. The van der Waals surface area contributed by atoms with Crippen molar-refractivity contribution in [2.24, 2.45) is 11.5 Å². The molecule has 0 aliphatic heterocycles. The summed E-state index contributed by atoms with van der Waals surface area (Å²) in [6.07, 6.45) is -0.252. The number of methoxy groups -OCH3 is 1. The molecule has 0 radical (unpaired) electrons. The van der Waals surface area contributed by atoms with E-state index in [-0.39, 0.29) is 31.0 Å². The molecule has 1 aromatic rings. The Hall–Kier alpha value is -1.97. The highest BCUT2D eigenvalue weighted by atomic mass is 16.5. The summed E-state index contributed by atoms with van der Waals surface area (Å²) in [6.45, 7) is -0.170. The highest BCUT2D eigenvalue weighted by Crippen LogP contribution is 2.10. The summed E-state index contributed by atoms with van der Waals surface area (Å²) in [4.78, 5) is 26.2. The number of nitrogens with two attached hydrogens (primary N) is 2. The molecule has 9 nitrogen and oxygen atoms in total. The van der Waals surface area contributed by atoms with Crippen LogP contribution in [-0.2, 0) is 11.3 Å². The Morgan fingerprint density at radius 1 is 1.45 bits per heavy atom. The van der Waals surface area contributed by atoms with E-state index < -0.39 is 24.0 Å². The van der Waals surface area contributed by atoms with E-state index in [2.05, 4.69) is 4.98 Å². The van der Waals surface area contributed by atoms with Crippen molar-refractivity contribution < 1.29 is 24.5 Å². The summed E-state index contributed by atoms with van der Waals surface area (Å²) in [5.74, 6) is -1.69. The number of aliphatic hydroxyl groups is 2. The third-order valence-corrected chi connectivity index (χ3v) is 2.88. The van der Waals surface area contributed by atoms with Gasteiger partial charge in [-0.2, -0.15) is 0 Å². The molecule has 0 saturated carbocycles. The predicted molar refractivity (Wildman–Crippen MR) is 67.8 cm³/mol. The van der Waals surface area contributed by atoms with Crippen LogP contribution in [-0.4, -0.2) is 57.5 Å². The molecule has 1 unspecified atom stereocenters. The number of primary amides is 2. The molecule has 0 fully saturated rings. The summed E-state index contributed by atoms with van der Waals surface area (Å²) in [7, 11) is 1.36. The standard InChI is InChI=1S/C11H18N4O5/c1-20-7(4-16)6(17)2-3-15-5-14-8(10(12)18)9(15)11(13)19/h5-7,16-17H,2-4H2,1H3,(H2,12,18)(H2,13,19)/t6-,7?/m1/s1. The van der Waals surface area contributed by atoms with E-state index in [4.69, 9.17) is 21.3 Å². The number of rotatable bonds is 8. The van der Waals surface area contributed by atoms with Crippen LogP contribution in [0.4, 0.5) is 0 Å². The lowest BCUT2D eigenvalue weighted by atomic mass is 10.1. The van der Waals surface area contributed by atoms with Crippen LogP contribution < -0.4 is 11.5 Å². The second-order valence-corrected chi connectivity index (χ2v) is 4.18. The maximum Gasteiger partial charge on any atom is 0.269 e. The summed E-state index contributed by atoms with van der Waals surface area (Å²) in [6, 6.07) is 0. The first-order valence-electron chi connectivity index (χ1n) is 5.88. The van der Waals surface area contributed by atoms with E-state index in [0.717, 1.165) is 0 Å². The lowest BCUT2D eigenvalue weighted by Gasteiger charge is -2.19. The Labute approximate surface area is 115 Å². The van der Waals surface area contributed by atoms with Gasteiger partial charge in [0, 0.05) is 13.7 Å². The molecule has 1 heterocycles. The average molecular weight is 286 g/mol. The molecule has 1 aromatic heterocycles. The van der Waals surface area contributed by atoms with Crippen molar-refractivity contribution in [3.8, 4) is 0 Å². The van der Waals surface area contributed by atoms with Gasteiger partial charge in [0.05, 0.1) is 19.0 Å². The van der Waals surface area contributed by atoms with Crippen LogP contribution in [0.2, 0.25) is 0 Å². The molecule has 112 valence electrons. The van der Waals surface area contributed by atoms with Crippen LogP contribution in [0.5, 0.6) is 0 Å². The number of nitrogens with zero attached hydrogens (tertiary/aromatic N) is 2. The number of aromatic nitrogens is 2. The molecule has 0 aromatic carbocycles. The maximum atomic E-state index is 11.3. The average Bonchev–Trinajstić information content (AvgIpc) is 2.81. The first kappa shape index (κ1) is 16.1. The SMILES string of the molecule is COC(CO)[C@H](O)CCn1cnc(C(N)=O)c1C(N)=O. The molecule has 1 rings (SSSR count). The van der Waals surface area contributed by atoms with Crippen molar-refractivity contribution in [1.29, 1.82) is 0 Å². The van der Waals surface area contributed by atoms with Crippen LogP contribution in [0, 0.1) is 0 Å². The van der Waals surface area contributed by atoms with Crippen molar-refractivity contribution in [2.75, 3.05) is 13.7 Å². The van der Waals surface area contributed by atoms with Gasteiger partial charge in [-0.15, -0.1) is 0 Å². The minimum atomic E-state index is -0.940. The fourth-order valence-electron chi connectivity index (χ4n) is 1.80. The summed E-state index contributed by atoms with van der Waals surface area (Å²) in [5.41, 5.74) is 9.95. The zero-order valence-electron chi connectivity index (χ0n) is 11.0. The van der Waals surface area contributed by atoms with E-state index in [9.17, 15) is 14.7 Å². The fourth-order valence-corrected chi connectivity index (χ4v) is 1.80. The molecule has 0 saturated heterocycles. The maximum absolute atomic E-state index is 11.3. The predicted octanol–water partition coefficient (Wildman–Crippen LogP) is -2.16. The highest BCUT2D eigenvalue weighted by Gasteiger charge is 2.22. The molecule has 0 spiro atoms. The summed E-state index contributed by atoms with van der Waals surface area (Å²) < 4.78 is 6.21. The third kappa shape index (κ3) is 3.53. The van der Waals surface area contributed by atoms with E-state index >= 15 is 0 Å². The first-order valence-corrected chi connectivity index (χ1v) is 5.88. The lowest BCUT2D eigenvalue weighted by Crippen LogP contribution is -2.32. The van der Waals surface area contributed by atoms with Gasteiger partial charge in [-0.3, -0.25) is 9.59 Å². The molecule has 0 aliphatic rings. The molecule has 2 amide bonds. The van der Waals surface area contributed by atoms with Crippen LogP contribution in [0.1, 0.15) is 27.4 Å². The van der Waals surface area contributed by atoms with Gasteiger partial charge >= 0.3 is 0 Å². The summed E-state index contributed by atoms with van der Waals surface area (Å²) >= 11 is 0. The number of imidazole rings is 1.